The number of carbonyl (C=O) groups is 1. The van der Waals surface area contributed by atoms with E-state index in [1.807, 2.05) is 31.2 Å². The van der Waals surface area contributed by atoms with Gasteiger partial charge in [0.1, 0.15) is 11.9 Å². The molecule has 1 aliphatic carbocycles. The fourth-order valence-corrected chi connectivity index (χ4v) is 4.22. The summed E-state index contributed by atoms with van der Waals surface area (Å²) in [5, 5.41) is 9.62. The molecule has 1 aromatic rings. The normalized spacial score (nSPS) is 21.8. The van der Waals surface area contributed by atoms with Crippen molar-refractivity contribution in [3.63, 3.8) is 0 Å². The molecule has 2 unspecified atom stereocenters. The average Bonchev–Trinajstić information content (AvgIpc) is 3.67. The van der Waals surface area contributed by atoms with Crippen molar-refractivity contribution in [3.8, 4) is 0 Å². The van der Waals surface area contributed by atoms with Crippen LogP contribution in [0, 0.1) is 17.8 Å². The Morgan fingerprint density at radius 1 is 1.30 bits per heavy atom. The summed E-state index contributed by atoms with van der Waals surface area (Å²) in [5.41, 5.74) is 10.3. The van der Waals surface area contributed by atoms with E-state index < -0.39 is 11.9 Å². The van der Waals surface area contributed by atoms with Crippen molar-refractivity contribution >= 4 is 17.4 Å². The van der Waals surface area contributed by atoms with E-state index in [0.29, 0.717) is 17.4 Å². The molecular formula is C27H33N3O3. The van der Waals surface area contributed by atoms with Gasteiger partial charge in [-0.2, -0.15) is 0 Å². The minimum absolute atomic E-state index is 0.0830. The van der Waals surface area contributed by atoms with Crippen LogP contribution in [-0.2, 0) is 9.53 Å². The summed E-state index contributed by atoms with van der Waals surface area (Å²) in [6.45, 7) is 11.6. The Labute approximate surface area is 196 Å². The third-order valence-corrected chi connectivity index (χ3v) is 6.37. The number of nitrogens with two attached hydrogens (primary N) is 1. The quantitative estimate of drug-likeness (QED) is 0.376. The summed E-state index contributed by atoms with van der Waals surface area (Å²) in [5.74, 6) is -0.280. The van der Waals surface area contributed by atoms with Crippen LogP contribution >= 0.6 is 0 Å². The number of aliphatic imine (C=N–C) groups is 1. The van der Waals surface area contributed by atoms with Crippen LogP contribution in [0.3, 0.4) is 0 Å². The number of aromatic nitrogens is 1. The number of hydrogen-bond donors (Lipinski definition) is 2. The molecule has 174 valence electrons. The number of carboxylic acids is 1. The van der Waals surface area contributed by atoms with Gasteiger partial charge in [0.25, 0.3) is 0 Å². The smallest absolute Gasteiger partial charge is 0.306 e. The minimum Gasteiger partial charge on any atom is -0.484 e. The zero-order valence-corrected chi connectivity index (χ0v) is 19.4. The highest BCUT2D eigenvalue weighted by molar-refractivity contribution is 5.88. The van der Waals surface area contributed by atoms with Crippen LogP contribution in [0.15, 0.2) is 84.0 Å². The summed E-state index contributed by atoms with van der Waals surface area (Å²) in [4.78, 5) is 20.3. The largest absolute Gasteiger partial charge is 0.484 e. The average molecular weight is 448 g/mol. The molecule has 0 aromatic carbocycles. The lowest BCUT2D eigenvalue weighted by Crippen LogP contribution is -2.26. The first-order chi connectivity index (χ1) is 15.8. The van der Waals surface area contributed by atoms with Crippen LogP contribution in [0.1, 0.15) is 45.1 Å². The second-order valence-corrected chi connectivity index (χ2v) is 8.67. The van der Waals surface area contributed by atoms with Crippen molar-refractivity contribution in [1.29, 1.82) is 0 Å². The second kappa shape index (κ2) is 10.9. The highest BCUT2D eigenvalue weighted by atomic mass is 16.5. The lowest BCUT2D eigenvalue weighted by atomic mass is 9.82. The summed E-state index contributed by atoms with van der Waals surface area (Å²) in [6.07, 6.45) is 14.0. The Balaban J connectivity index is 1.84. The van der Waals surface area contributed by atoms with Gasteiger partial charge in [-0.3, -0.25) is 14.8 Å². The summed E-state index contributed by atoms with van der Waals surface area (Å²) < 4.78 is 6.34. The number of pyridine rings is 1. The van der Waals surface area contributed by atoms with Crippen molar-refractivity contribution in [2.24, 2.45) is 28.5 Å². The monoisotopic (exact) mass is 447 g/mol. The molecule has 3 rings (SSSR count). The number of allylic oxidation sites excluding steroid dienone is 5. The Morgan fingerprint density at radius 2 is 2.00 bits per heavy atom. The molecule has 0 radical (unpaired) electrons. The first kappa shape index (κ1) is 24.2. The van der Waals surface area contributed by atoms with Crippen LogP contribution in [0.5, 0.6) is 0 Å². The maximum absolute atomic E-state index is 11.7. The predicted octanol–water partition coefficient (Wildman–Crippen LogP) is 5.28. The molecule has 0 saturated heterocycles. The van der Waals surface area contributed by atoms with E-state index in [1.54, 1.807) is 31.6 Å². The molecule has 1 saturated carbocycles. The zero-order valence-electron chi connectivity index (χ0n) is 19.4. The summed E-state index contributed by atoms with van der Waals surface area (Å²) in [6, 6.07) is 3.67. The molecule has 6 nitrogen and oxygen atoms in total. The summed E-state index contributed by atoms with van der Waals surface area (Å²) in [7, 11) is 0. The Morgan fingerprint density at radius 3 is 2.58 bits per heavy atom. The highest BCUT2D eigenvalue weighted by Gasteiger charge is 2.39. The molecule has 0 amide bonds. The number of ether oxygens (including phenoxy) is 1. The maximum Gasteiger partial charge on any atom is 0.306 e. The number of carboxylic acid groups (broad SMARTS) is 1. The fourth-order valence-electron chi connectivity index (χ4n) is 4.22. The second-order valence-electron chi connectivity index (χ2n) is 8.67. The van der Waals surface area contributed by atoms with Gasteiger partial charge in [0, 0.05) is 18.0 Å². The summed E-state index contributed by atoms with van der Waals surface area (Å²) >= 11 is 0. The van der Waals surface area contributed by atoms with Crippen molar-refractivity contribution in [1.82, 2.24) is 4.98 Å². The molecule has 2 aliphatic rings. The molecule has 3 atom stereocenters. The molecule has 1 aliphatic heterocycles. The number of nitrogens with zero attached hydrogens (tertiary/aromatic N) is 2. The topological polar surface area (TPSA) is 97.8 Å². The van der Waals surface area contributed by atoms with Gasteiger partial charge in [-0.05, 0) is 73.8 Å². The van der Waals surface area contributed by atoms with Crippen molar-refractivity contribution in [2.75, 3.05) is 0 Å². The molecule has 3 N–H and O–H groups in total. The van der Waals surface area contributed by atoms with Crippen LogP contribution in [0.2, 0.25) is 0 Å². The van der Waals surface area contributed by atoms with E-state index in [9.17, 15) is 9.90 Å². The molecule has 1 aromatic heterocycles. The van der Waals surface area contributed by atoms with Crippen molar-refractivity contribution < 1.29 is 14.6 Å². The van der Waals surface area contributed by atoms with Gasteiger partial charge in [0.05, 0.1) is 23.5 Å². The first-order valence-corrected chi connectivity index (χ1v) is 11.3. The Hall–Kier alpha value is -3.41. The molecule has 0 spiro atoms. The predicted molar refractivity (Wildman–Crippen MR) is 132 cm³/mol. The van der Waals surface area contributed by atoms with E-state index >= 15 is 0 Å². The fraction of sp³-hybridized carbons (Fsp3) is 0.370. The molecular weight excluding hydrogens is 414 g/mol. The van der Waals surface area contributed by atoms with Gasteiger partial charge in [-0.25, -0.2) is 0 Å². The van der Waals surface area contributed by atoms with Gasteiger partial charge in [-0.1, -0.05) is 32.2 Å². The molecule has 33 heavy (non-hydrogen) atoms. The van der Waals surface area contributed by atoms with Gasteiger partial charge in [0.15, 0.2) is 0 Å². The number of hydrogen-bond acceptors (Lipinski definition) is 5. The lowest BCUT2D eigenvalue weighted by molar-refractivity contribution is -0.142. The maximum atomic E-state index is 11.7. The van der Waals surface area contributed by atoms with Gasteiger partial charge >= 0.3 is 5.97 Å². The third-order valence-electron chi connectivity index (χ3n) is 6.37. The first-order valence-electron chi connectivity index (χ1n) is 11.3. The van der Waals surface area contributed by atoms with Crippen molar-refractivity contribution in [2.45, 2.75) is 45.6 Å². The van der Waals surface area contributed by atoms with Crippen molar-refractivity contribution in [3.05, 3.63) is 84.6 Å². The van der Waals surface area contributed by atoms with E-state index in [4.69, 9.17) is 10.5 Å². The highest BCUT2D eigenvalue weighted by Crippen LogP contribution is 2.45. The van der Waals surface area contributed by atoms with E-state index in [1.165, 1.54) is 0 Å². The minimum atomic E-state index is -0.790. The van der Waals surface area contributed by atoms with Crippen LogP contribution in [0.4, 0.5) is 0 Å². The SMILES string of the molecule is C=CC1=C(/C=C(\C=C)C(C2CC2)[C@H](C)C(=O)O)OC(/C(C)=N/C=C(\N)c2ccncc2)CC1. The standard InChI is InChI=1S/C27H33N3O3/c1-5-19-9-10-24(18(4)30-16-23(28)21-11-13-29-14-12-21)33-25(19)15-20(6-2)26(22-7-8-22)17(3)27(31)32/h5-6,11-17,22,24,26H,1-2,7-10,28H2,3-4H3,(H,31,32)/b20-15+,23-16-,30-18+/t17-,24?,26?/m0/s1. The third kappa shape index (κ3) is 6.09. The molecule has 1 fully saturated rings. The van der Waals surface area contributed by atoms with Gasteiger partial charge < -0.3 is 15.6 Å². The Bertz CT molecular complexity index is 1020. The molecule has 2 heterocycles. The Kier molecular flexibility index (Phi) is 8.04. The number of rotatable bonds is 10. The van der Waals surface area contributed by atoms with E-state index in [0.717, 1.165) is 48.1 Å². The van der Waals surface area contributed by atoms with Crippen LogP contribution in [0.25, 0.3) is 5.70 Å². The zero-order chi connectivity index (χ0) is 24.0. The lowest BCUT2D eigenvalue weighted by Gasteiger charge is -2.28. The molecule has 0 bridgehead atoms. The van der Waals surface area contributed by atoms with Gasteiger partial charge in [0.2, 0.25) is 0 Å². The van der Waals surface area contributed by atoms with E-state index in [2.05, 4.69) is 23.1 Å². The molecule has 6 heteroatoms. The van der Waals surface area contributed by atoms with Crippen LogP contribution in [-0.4, -0.2) is 27.9 Å². The number of aliphatic carboxylic acids is 1. The van der Waals surface area contributed by atoms with Gasteiger partial charge in [-0.15, -0.1) is 0 Å². The van der Waals surface area contributed by atoms with Crippen LogP contribution < -0.4 is 5.73 Å². The van der Waals surface area contributed by atoms with E-state index in [-0.39, 0.29) is 12.0 Å².